The first-order valence-electron chi connectivity index (χ1n) is 11.9. The molecule has 2 fully saturated rings. The lowest BCUT2D eigenvalue weighted by molar-refractivity contribution is -0.134. The molecular formula is C23H28N5O9P. The fourth-order valence-corrected chi connectivity index (χ4v) is 4.81. The summed E-state index contributed by atoms with van der Waals surface area (Å²) in [7, 11) is -4.73. The molecule has 1 aromatic carbocycles. The van der Waals surface area contributed by atoms with Crippen molar-refractivity contribution in [3.05, 3.63) is 42.1 Å². The van der Waals surface area contributed by atoms with Gasteiger partial charge in [0, 0.05) is 44.2 Å². The lowest BCUT2D eigenvalue weighted by Gasteiger charge is -2.35. The van der Waals surface area contributed by atoms with Crippen molar-refractivity contribution in [3.63, 3.8) is 0 Å². The molecule has 3 amide bonds. The van der Waals surface area contributed by atoms with Gasteiger partial charge in [-0.25, -0.2) is 9.78 Å². The van der Waals surface area contributed by atoms with Gasteiger partial charge < -0.3 is 39.5 Å². The molecule has 1 aromatic heterocycles. The first kappa shape index (κ1) is 27.5. The van der Waals surface area contributed by atoms with Crippen molar-refractivity contribution >= 4 is 25.5 Å². The summed E-state index contributed by atoms with van der Waals surface area (Å²) in [5, 5.41) is 11.5. The number of carbonyl (C=O) groups excluding carboxylic acids is 2. The van der Waals surface area contributed by atoms with E-state index in [1.54, 1.807) is 24.3 Å². The van der Waals surface area contributed by atoms with Gasteiger partial charge >= 0.3 is 13.7 Å². The van der Waals surface area contributed by atoms with E-state index < -0.39 is 37.7 Å². The third kappa shape index (κ3) is 7.25. The van der Waals surface area contributed by atoms with Crippen molar-refractivity contribution in [2.75, 3.05) is 45.6 Å². The Morgan fingerprint density at radius 1 is 1.11 bits per heavy atom. The Kier molecular flexibility index (Phi) is 8.57. The Labute approximate surface area is 217 Å². The van der Waals surface area contributed by atoms with Gasteiger partial charge in [-0.3, -0.25) is 14.2 Å². The summed E-state index contributed by atoms with van der Waals surface area (Å²) in [4.78, 5) is 67.8. The fourth-order valence-electron chi connectivity index (χ4n) is 4.09. The van der Waals surface area contributed by atoms with Crippen LogP contribution >= 0.6 is 7.60 Å². The third-order valence-corrected chi connectivity index (χ3v) is 6.87. The van der Waals surface area contributed by atoms with Crippen LogP contribution in [0.3, 0.4) is 0 Å². The SMILES string of the molecule is O=C(N[C@@H](CP(=O)(O)O)C(=O)N1CCN(C(=O)O)CC1)c1cc(O[C@H]2CCOC2)nc(-c2ccccc2)n1. The number of aromatic nitrogens is 2. The Hall–Kier alpha value is -3.58. The van der Waals surface area contributed by atoms with Gasteiger partial charge in [0.15, 0.2) is 5.82 Å². The minimum Gasteiger partial charge on any atom is -0.472 e. The summed E-state index contributed by atoms with van der Waals surface area (Å²) in [6.45, 7) is 1.00. The molecular weight excluding hydrogens is 521 g/mol. The Morgan fingerprint density at radius 3 is 2.39 bits per heavy atom. The van der Waals surface area contributed by atoms with Crippen molar-refractivity contribution < 1.29 is 43.3 Å². The smallest absolute Gasteiger partial charge is 0.407 e. The van der Waals surface area contributed by atoms with Crippen LogP contribution in [0.5, 0.6) is 5.88 Å². The fraction of sp³-hybridized carbons (Fsp3) is 0.435. The van der Waals surface area contributed by atoms with Gasteiger partial charge in [0.05, 0.1) is 19.4 Å². The molecule has 0 unspecified atom stereocenters. The van der Waals surface area contributed by atoms with Gasteiger partial charge in [-0.1, -0.05) is 30.3 Å². The zero-order valence-corrected chi connectivity index (χ0v) is 21.2. The Bertz CT molecular complexity index is 1210. The molecule has 0 spiro atoms. The predicted molar refractivity (Wildman–Crippen MR) is 132 cm³/mol. The summed E-state index contributed by atoms with van der Waals surface area (Å²) in [5.74, 6) is -1.28. The average molecular weight is 549 g/mol. The number of carbonyl (C=O) groups is 3. The molecule has 14 nitrogen and oxygen atoms in total. The Morgan fingerprint density at radius 2 is 1.79 bits per heavy atom. The van der Waals surface area contributed by atoms with Crippen molar-refractivity contribution in [2.45, 2.75) is 18.6 Å². The van der Waals surface area contributed by atoms with E-state index in [0.717, 1.165) is 4.90 Å². The molecule has 4 rings (SSSR count). The van der Waals surface area contributed by atoms with E-state index in [9.17, 15) is 28.7 Å². The molecule has 2 aliphatic heterocycles. The van der Waals surface area contributed by atoms with Gasteiger partial charge in [0.1, 0.15) is 17.8 Å². The summed E-state index contributed by atoms with van der Waals surface area (Å²) in [6, 6.07) is 8.58. The topological polar surface area (TPSA) is 192 Å². The molecule has 0 radical (unpaired) electrons. The van der Waals surface area contributed by atoms with Crippen molar-refractivity contribution in [2.24, 2.45) is 0 Å². The van der Waals surface area contributed by atoms with E-state index in [0.29, 0.717) is 25.2 Å². The first-order valence-corrected chi connectivity index (χ1v) is 13.7. The molecule has 204 valence electrons. The third-order valence-electron chi connectivity index (χ3n) is 6.03. The second-order valence-corrected chi connectivity index (χ2v) is 10.5. The van der Waals surface area contributed by atoms with E-state index >= 15 is 0 Å². The van der Waals surface area contributed by atoms with Gasteiger partial charge in [0.25, 0.3) is 5.91 Å². The molecule has 15 heteroatoms. The summed E-state index contributed by atoms with van der Waals surface area (Å²) < 4.78 is 23.0. The van der Waals surface area contributed by atoms with Crippen molar-refractivity contribution in [1.29, 1.82) is 0 Å². The zero-order chi connectivity index (χ0) is 27.3. The van der Waals surface area contributed by atoms with E-state index in [2.05, 4.69) is 15.3 Å². The first-order chi connectivity index (χ1) is 18.1. The van der Waals surface area contributed by atoms with E-state index in [-0.39, 0.29) is 49.7 Å². The molecule has 0 saturated carbocycles. The number of hydrogen-bond acceptors (Lipinski definition) is 8. The van der Waals surface area contributed by atoms with Gasteiger partial charge in [-0.2, -0.15) is 4.98 Å². The highest BCUT2D eigenvalue weighted by Gasteiger charge is 2.35. The molecule has 2 saturated heterocycles. The van der Waals surface area contributed by atoms with Crippen LogP contribution in [0.25, 0.3) is 11.4 Å². The standard InChI is InChI=1S/C23H28N5O9P/c29-21(25-18(14-38(33,34)35)22(30)27-7-9-28(10-8-27)23(31)32)17-12-19(37-16-6-11-36-13-16)26-20(24-17)15-4-2-1-3-5-15/h1-5,12,16,18H,6-11,13-14H2,(H,25,29)(H,31,32)(H2,33,34,35)/t16-,18-/m0/s1. The molecule has 2 aliphatic rings. The number of nitrogens with one attached hydrogen (secondary N) is 1. The molecule has 2 atom stereocenters. The predicted octanol–water partition coefficient (Wildman–Crippen LogP) is 0.410. The zero-order valence-electron chi connectivity index (χ0n) is 20.3. The second kappa shape index (κ2) is 11.9. The second-order valence-electron chi connectivity index (χ2n) is 8.85. The summed E-state index contributed by atoms with van der Waals surface area (Å²) in [5.41, 5.74) is 0.445. The number of rotatable bonds is 8. The van der Waals surface area contributed by atoms with Crippen molar-refractivity contribution in [1.82, 2.24) is 25.1 Å². The molecule has 4 N–H and O–H groups in total. The highest BCUT2D eigenvalue weighted by Crippen LogP contribution is 2.35. The van der Waals surface area contributed by atoms with Crippen LogP contribution < -0.4 is 10.1 Å². The minimum absolute atomic E-state index is 0.0196. The number of nitrogens with zero attached hydrogens (tertiary/aromatic N) is 4. The normalized spacial score (nSPS) is 18.6. The highest BCUT2D eigenvalue weighted by molar-refractivity contribution is 7.51. The van der Waals surface area contributed by atoms with Crippen LogP contribution in [0.15, 0.2) is 36.4 Å². The quantitative estimate of drug-likeness (QED) is 0.333. The van der Waals surface area contributed by atoms with Crippen LogP contribution in [-0.4, -0.2) is 110 Å². The maximum atomic E-state index is 13.3. The maximum absolute atomic E-state index is 13.3. The minimum atomic E-state index is -4.73. The molecule has 38 heavy (non-hydrogen) atoms. The van der Waals surface area contributed by atoms with Crippen LogP contribution in [0, 0.1) is 0 Å². The number of carboxylic acid groups (broad SMARTS) is 1. The van der Waals surface area contributed by atoms with E-state index in [1.165, 1.54) is 11.0 Å². The van der Waals surface area contributed by atoms with E-state index in [4.69, 9.17) is 14.6 Å². The molecule has 0 aliphatic carbocycles. The van der Waals surface area contributed by atoms with Crippen LogP contribution in [0.4, 0.5) is 4.79 Å². The number of piperazine rings is 1. The van der Waals surface area contributed by atoms with E-state index in [1.807, 2.05) is 6.07 Å². The number of benzene rings is 1. The lowest BCUT2D eigenvalue weighted by atomic mass is 10.2. The summed E-state index contributed by atoms with van der Waals surface area (Å²) >= 11 is 0. The Balaban J connectivity index is 1.57. The molecule has 2 aromatic rings. The van der Waals surface area contributed by atoms with Gasteiger partial charge in [-0.05, 0) is 0 Å². The van der Waals surface area contributed by atoms with Crippen LogP contribution in [-0.2, 0) is 14.1 Å². The monoisotopic (exact) mass is 549 g/mol. The van der Waals surface area contributed by atoms with Gasteiger partial charge in [-0.15, -0.1) is 0 Å². The maximum Gasteiger partial charge on any atom is 0.407 e. The summed E-state index contributed by atoms with van der Waals surface area (Å²) in [6.07, 6.45) is -1.69. The number of ether oxygens (including phenoxy) is 2. The number of hydrogen-bond donors (Lipinski definition) is 4. The van der Waals surface area contributed by atoms with Crippen molar-refractivity contribution in [3.8, 4) is 17.3 Å². The van der Waals surface area contributed by atoms with Gasteiger partial charge in [0.2, 0.25) is 11.8 Å². The molecule has 3 heterocycles. The van der Waals surface area contributed by atoms with Crippen LogP contribution in [0.2, 0.25) is 0 Å². The largest absolute Gasteiger partial charge is 0.472 e. The highest BCUT2D eigenvalue weighted by atomic mass is 31.2. The molecule has 0 bridgehead atoms. The van der Waals surface area contributed by atoms with Crippen LogP contribution in [0.1, 0.15) is 16.9 Å². The lowest BCUT2D eigenvalue weighted by Crippen LogP contribution is -2.56. The number of amides is 3. The average Bonchev–Trinajstić information content (AvgIpc) is 3.40.